The molecule has 1 aliphatic rings. The number of nitrogens with zero attached hydrogens (tertiary/aromatic N) is 1. The predicted octanol–water partition coefficient (Wildman–Crippen LogP) is 2.85. The van der Waals surface area contributed by atoms with Gasteiger partial charge >= 0.3 is 6.03 Å². The summed E-state index contributed by atoms with van der Waals surface area (Å²) in [7, 11) is 2.13. The van der Waals surface area contributed by atoms with Crippen LogP contribution < -0.4 is 15.4 Å². The molecule has 0 bridgehead atoms. The number of amides is 2. The number of hydrogen-bond acceptors (Lipinski definition) is 3. The molecule has 1 saturated carbocycles. The van der Waals surface area contributed by atoms with Crippen LogP contribution in [0.3, 0.4) is 0 Å². The molecule has 5 heteroatoms. The Kier molecular flexibility index (Phi) is 6.91. The van der Waals surface area contributed by atoms with Crippen LogP contribution in [0.25, 0.3) is 0 Å². The van der Waals surface area contributed by atoms with E-state index in [9.17, 15) is 4.79 Å². The monoisotopic (exact) mass is 333 g/mol. The van der Waals surface area contributed by atoms with Gasteiger partial charge in [0.05, 0.1) is 6.61 Å². The lowest BCUT2D eigenvalue weighted by molar-refractivity contribution is 0.221. The average Bonchev–Trinajstić information content (AvgIpc) is 3.39. The van der Waals surface area contributed by atoms with Gasteiger partial charge < -0.3 is 15.4 Å². The average molecular weight is 333 g/mol. The lowest BCUT2D eigenvalue weighted by Gasteiger charge is -2.24. The third kappa shape index (κ3) is 5.71. The van der Waals surface area contributed by atoms with E-state index in [1.54, 1.807) is 0 Å². The van der Waals surface area contributed by atoms with Crippen molar-refractivity contribution in [1.29, 1.82) is 0 Å². The first-order valence-electron chi connectivity index (χ1n) is 8.91. The van der Waals surface area contributed by atoms with Gasteiger partial charge in [0.15, 0.2) is 0 Å². The zero-order valence-corrected chi connectivity index (χ0v) is 15.4. The summed E-state index contributed by atoms with van der Waals surface area (Å²) in [5.74, 6) is 0.957. The summed E-state index contributed by atoms with van der Waals surface area (Å²) in [6, 6.07) is 7.12. The summed E-state index contributed by atoms with van der Waals surface area (Å²) in [6.45, 7) is 8.15. The van der Waals surface area contributed by atoms with Crippen LogP contribution in [0.2, 0.25) is 0 Å². The zero-order valence-electron chi connectivity index (χ0n) is 15.4. The molecule has 0 aromatic heterocycles. The summed E-state index contributed by atoms with van der Waals surface area (Å²) < 4.78 is 5.83. The number of hydrogen-bond donors (Lipinski definition) is 2. The van der Waals surface area contributed by atoms with Gasteiger partial charge in [0.1, 0.15) is 5.75 Å². The number of benzene rings is 1. The van der Waals surface area contributed by atoms with Crippen molar-refractivity contribution >= 4 is 6.03 Å². The van der Waals surface area contributed by atoms with Crippen molar-refractivity contribution in [3.05, 3.63) is 29.3 Å². The van der Waals surface area contributed by atoms with Crippen LogP contribution in [-0.4, -0.2) is 49.8 Å². The van der Waals surface area contributed by atoms with E-state index in [-0.39, 0.29) is 6.03 Å². The number of urea groups is 1. The fourth-order valence-corrected chi connectivity index (χ4v) is 2.76. The van der Waals surface area contributed by atoms with E-state index < -0.39 is 0 Å². The number of aryl methyl sites for hydroxylation is 2. The van der Waals surface area contributed by atoms with Crippen LogP contribution in [-0.2, 0) is 0 Å². The van der Waals surface area contributed by atoms with Gasteiger partial charge in [-0.3, -0.25) is 4.90 Å². The molecule has 5 nitrogen and oxygen atoms in total. The van der Waals surface area contributed by atoms with Crippen LogP contribution >= 0.6 is 0 Å². The van der Waals surface area contributed by atoms with E-state index in [0.717, 1.165) is 23.3 Å². The molecule has 1 unspecified atom stereocenters. The molecule has 1 aromatic rings. The Labute approximate surface area is 145 Å². The zero-order chi connectivity index (χ0) is 17.5. The molecule has 24 heavy (non-hydrogen) atoms. The fraction of sp³-hybridized carbons (Fsp3) is 0.632. The van der Waals surface area contributed by atoms with Gasteiger partial charge in [-0.15, -0.1) is 0 Å². The van der Waals surface area contributed by atoms with Gasteiger partial charge in [-0.25, -0.2) is 4.79 Å². The van der Waals surface area contributed by atoms with Crippen LogP contribution in [0.1, 0.15) is 37.3 Å². The maximum absolute atomic E-state index is 11.8. The second-order valence-corrected chi connectivity index (χ2v) is 6.81. The minimum atomic E-state index is -0.0990. The Hall–Kier alpha value is -1.75. The van der Waals surface area contributed by atoms with Crippen molar-refractivity contribution in [3.63, 3.8) is 0 Å². The molecule has 1 fully saturated rings. The Morgan fingerprint density at radius 3 is 2.58 bits per heavy atom. The molecule has 0 spiro atoms. The Bertz CT molecular complexity index is 523. The van der Waals surface area contributed by atoms with E-state index in [1.807, 2.05) is 32.0 Å². The molecule has 2 N–H and O–H groups in total. The number of para-hydroxylation sites is 1. The molecule has 1 aromatic carbocycles. The van der Waals surface area contributed by atoms with Crippen molar-refractivity contribution in [2.45, 2.75) is 52.1 Å². The maximum atomic E-state index is 11.8. The topological polar surface area (TPSA) is 53.6 Å². The largest absolute Gasteiger partial charge is 0.493 e. The van der Waals surface area contributed by atoms with Gasteiger partial charge in [0, 0.05) is 25.2 Å². The second kappa shape index (κ2) is 8.92. The first-order chi connectivity index (χ1) is 11.5. The van der Waals surface area contributed by atoms with E-state index in [4.69, 9.17) is 4.74 Å². The SMILES string of the molecule is Cc1cccc(C)c1OCCCNC(=O)NCC(C)N(C)C1CC1. The van der Waals surface area contributed by atoms with Crippen molar-refractivity contribution in [3.8, 4) is 5.75 Å². The number of ether oxygens (including phenoxy) is 1. The number of likely N-dealkylation sites (N-methyl/N-ethyl adjacent to an activating group) is 1. The lowest BCUT2D eigenvalue weighted by Crippen LogP contribution is -2.44. The van der Waals surface area contributed by atoms with Crippen molar-refractivity contribution in [2.75, 3.05) is 26.7 Å². The van der Waals surface area contributed by atoms with Gasteiger partial charge in [-0.05, 0) is 58.2 Å². The van der Waals surface area contributed by atoms with E-state index in [0.29, 0.717) is 31.8 Å². The minimum Gasteiger partial charge on any atom is -0.493 e. The van der Waals surface area contributed by atoms with Crippen molar-refractivity contribution in [2.24, 2.45) is 0 Å². The van der Waals surface area contributed by atoms with Crippen LogP contribution in [0.4, 0.5) is 4.79 Å². The van der Waals surface area contributed by atoms with Crippen LogP contribution in [0.5, 0.6) is 5.75 Å². The Morgan fingerprint density at radius 1 is 1.29 bits per heavy atom. The molecule has 2 rings (SSSR count). The molecule has 0 saturated heterocycles. The predicted molar refractivity (Wildman–Crippen MR) is 97.7 cm³/mol. The molecule has 2 amide bonds. The highest BCUT2D eigenvalue weighted by molar-refractivity contribution is 5.73. The molecule has 1 atom stereocenters. The van der Waals surface area contributed by atoms with Crippen LogP contribution in [0.15, 0.2) is 18.2 Å². The quantitative estimate of drug-likeness (QED) is 0.683. The maximum Gasteiger partial charge on any atom is 0.314 e. The summed E-state index contributed by atoms with van der Waals surface area (Å²) in [4.78, 5) is 14.2. The van der Waals surface area contributed by atoms with Crippen LogP contribution in [0, 0.1) is 13.8 Å². The first kappa shape index (κ1) is 18.6. The molecular formula is C19H31N3O2. The fourth-order valence-electron chi connectivity index (χ4n) is 2.76. The highest BCUT2D eigenvalue weighted by Crippen LogP contribution is 2.26. The third-order valence-electron chi connectivity index (χ3n) is 4.64. The molecule has 134 valence electrons. The van der Waals surface area contributed by atoms with Gasteiger partial charge in [0.2, 0.25) is 0 Å². The third-order valence-corrected chi connectivity index (χ3v) is 4.64. The standard InChI is InChI=1S/C19H31N3O2/c1-14-7-5-8-15(2)18(14)24-12-6-11-20-19(23)21-13-16(3)22(4)17-9-10-17/h5,7-8,16-17H,6,9-13H2,1-4H3,(H2,20,21,23). The molecule has 1 aliphatic carbocycles. The number of nitrogens with one attached hydrogen (secondary N) is 2. The molecule has 0 aliphatic heterocycles. The van der Waals surface area contributed by atoms with Gasteiger partial charge in [-0.1, -0.05) is 18.2 Å². The molecular weight excluding hydrogens is 302 g/mol. The summed E-state index contributed by atoms with van der Waals surface area (Å²) in [5.41, 5.74) is 2.30. The Morgan fingerprint density at radius 2 is 1.96 bits per heavy atom. The van der Waals surface area contributed by atoms with Crippen molar-refractivity contribution < 1.29 is 9.53 Å². The highest BCUT2D eigenvalue weighted by Gasteiger charge is 2.29. The second-order valence-electron chi connectivity index (χ2n) is 6.81. The molecule has 0 heterocycles. The lowest BCUT2D eigenvalue weighted by atomic mass is 10.1. The highest BCUT2D eigenvalue weighted by atomic mass is 16.5. The van der Waals surface area contributed by atoms with E-state index in [2.05, 4.69) is 29.5 Å². The van der Waals surface area contributed by atoms with Gasteiger partial charge in [-0.2, -0.15) is 0 Å². The summed E-state index contributed by atoms with van der Waals surface area (Å²) in [6.07, 6.45) is 3.36. The Balaban J connectivity index is 1.56. The van der Waals surface area contributed by atoms with E-state index >= 15 is 0 Å². The van der Waals surface area contributed by atoms with E-state index in [1.165, 1.54) is 12.8 Å². The smallest absolute Gasteiger partial charge is 0.314 e. The number of rotatable bonds is 9. The summed E-state index contributed by atoms with van der Waals surface area (Å²) >= 11 is 0. The summed E-state index contributed by atoms with van der Waals surface area (Å²) in [5, 5.41) is 5.83. The normalized spacial score (nSPS) is 15.2. The number of carbonyl (C=O) groups excluding carboxylic acids is 1. The molecule has 0 radical (unpaired) electrons. The minimum absolute atomic E-state index is 0.0990. The number of carbonyl (C=O) groups is 1. The van der Waals surface area contributed by atoms with Gasteiger partial charge in [0.25, 0.3) is 0 Å². The van der Waals surface area contributed by atoms with Crippen molar-refractivity contribution in [1.82, 2.24) is 15.5 Å². The first-order valence-corrected chi connectivity index (χ1v) is 8.91.